The van der Waals surface area contributed by atoms with Crippen molar-refractivity contribution in [3.8, 4) is 0 Å². The molecular weight excluding hydrogens is 234 g/mol. The van der Waals surface area contributed by atoms with Crippen LogP contribution in [0.2, 0.25) is 5.28 Å². The SMILES string of the molecule is Cc1cc(NCC2CCC(C)CC2)nc(Cl)n1. The molecule has 2 rings (SSSR count). The van der Waals surface area contributed by atoms with E-state index in [1.807, 2.05) is 13.0 Å². The van der Waals surface area contributed by atoms with Gasteiger partial charge >= 0.3 is 0 Å². The molecule has 1 fully saturated rings. The molecule has 0 atom stereocenters. The molecule has 1 saturated carbocycles. The lowest BCUT2D eigenvalue weighted by molar-refractivity contribution is 0.300. The van der Waals surface area contributed by atoms with Crippen molar-refractivity contribution in [1.29, 1.82) is 0 Å². The van der Waals surface area contributed by atoms with Gasteiger partial charge < -0.3 is 5.32 Å². The second-order valence-electron chi connectivity index (χ2n) is 5.17. The van der Waals surface area contributed by atoms with E-state index in [1.165, 1.54) is 25.7 Å². The van der Waals surface area contributed by atoms with Gasteiger partial charge in [0.05, 0.1) is 0 Å². The number of rotatable bonds is 3. The Hall–Kier alpha value is -0.830. The first-order chi connectivity index (χ1) is 8.13. The fourth-order valence-corrected chi connectivity index (χ4v) is 2.63. The smallest absolute Gasteiger partial charge is 0.224 e. The molecule has 0 spiro atoms. The van der Waals surface area contributed by atoms with Gasteiger partial charge in [0.2, 0.25) is 5.28 Å². The lowest BCUT2D eigenvalue weighted by Gasteiger charge is -2.26. The molecule has 1 heterocycles. The standard InChI is InChI=1S/C13H20ClN3/c1-9-3-5-11(6-4-9)8-15-12-7-10(2)16-13(14)17-12/h7,9,11H,3-6,8H2,1-2H3,(H,15,16,17). The highest BCUT2D eigenvalue weighted by atomic mass is 35.5. The van der Waals surface area contributed by atoms with Crippen LogP contribution in [0, 0.1) is 18.8 Å². The summed E-state index contributed by atoms with van der Waals surface area (Å²) in [5.41, 5.74) is 0.907. The quantitative estimate of drug-likeness (QED) is 0.835. The van der Waals surface area contributed by atoms with Crippen molar-refractivity contribution in [3.63, 3.8) is 0 Å². The first kappa shape index (κ1) is 12.6. The highest BCUT2D eigenvalue weighted by Gasteiger charge is 2.17. The second-order valence-corrected chi connectivity index (χ2v) is 5.51. The first-order valence-electron chi connectivity index (χ1n) is 6.38. The van der Waals surface area contributed by atoms with E-state index >= 15 is 0 Å². The van der Waals surface area contributed by atoms with Crippen molar-refractivity contribution in [2.45, 2.75) is 39.5 Å². The van der Waals surface area contributed by atoms with E-state index in [0.717, 1.165) is 29.9 Å². The summed E-state index contributed by atoms with van der Waals surface area (Å²) < 4.78 is 0. The molecule has 94 valence electrons. The average Bonchev–Trinajstić information content (AvgIpc) is 2.27. The molecule has 17 heavy (non-hydrogen) atoms. The summed E-state index contributed by atoms with van der Waals surface area (Å²) in [6, 6.07) is 1.94. The van der Waals surface area contributed by atoms with Crippen LogP contribution in [0.3, 0.4) is 0 Å². The fourth-order valence-electron chi connectivity index (χ4n) is 2.41. The molecule has 1 aromatic rings. The van der Waals surface area contributed by atoms with Gasteiger partial charge in [-0.1, -0.05) is 19.8 Å². The van der Waals surface area contributed by atoms with E-state index in [0.29, 0.717) is 5.28 Å². The van der Waals surface area contributed by atoms with Gasteiger partial charge in [0.15, 0.2) is 0 Å². The summed E-state index contributed by atoms with van der Waals surface area (Å²) in [5.74, 6) is 2.53. The minimum Gasteiger partial charge on any atom is -0.370 e. The molecule has 0 unspecified atom stereocenters. The molecule has 1 aromatic heterocycles. The predicted octanol–water partition coefficient (Wildman–Crippen LogP) is 3.68. The zero-order chi connectivity index (χ0) is 12.3. The number of halogens is 1. The highest BCUT2D eigenvalue weighted by Crippen LogP contribution is 2.28. The summed E-state index contributed by atoms with van der Waals surface area (Å²) in [4.78, 5) is 8.23. The Labute approximate surface area is 108 Å². The molecule has 0 saturated heterocycles. The Bertz CT molecular complexity index is 353. The highest BCUT2D eigenvalue weighted by molar-refractivity contribution is 6.28. The Morgan fingerprint density at radius 3 is 2.65 bits per heavy atom. The summed E-state index contributed by atoms with van der Waals surface area (Å²) in [6.45, 7) is 5.28. The lowest BCUT2D eigenvalue weighted by Crippen LogP contribution is -2.20. The largest absolute Gasteiger partial charge is 0.370 e. The molecule has 1 N–H and O–H groups in total. The van der Waals surface area contributed by atoms with Gasteiger partial charge in [-0.15, -0.1) is 0 Å². The summed E-state index contributed by atoms with van der Waals surface area (Å²) in [7, 11) is 0. The summed E-state index contributed by atoms with van der Waals surface area (Å²) in [5, 5.41) is 3.70. The minimum absolute atomic E-state index is 0.324. The maximum absolute atomic E-state index is 5.83. The topological polar surface area (TPSA) is 37.8 Å². The maximum Gasteiger partial charge on any atom is 0.224 e. The third-order valence-electron chi connectivity index (χ3n) is 3.53. The second kappa shape index (κ2) is 5.67. The van der Waals surface area contributed by atoms with Gasteiger partial charge in [-0.2, -0.15) is 0 Å². The van der Waals surface area contributed by atoms with Crippen molar-refractivity contribution in [1.82, 2.24) is 9.97 Å². The number of hydrogen-bond acceptors (Lipinski definition) is 3. The molecule has 0 aliphatic heterocycles. The first-order valence-corrected chi connectivity index (χ1v) is 6.76. The molecule has 0 radical (unpaired) electrons. The Morgan fingerprint density at radius 2 is 2.00 bits per heavy atom. The van der Waals surface area contributed by atoms with Crippen LogP contribution in [0.5, 0.6) is 0 Å². The van der Waals surface area contributed by atoms with Crippen LogP contribution < -0.4 is 5.32 Å². The fraction of sp³-hybridized carbons (Fsp3) is 0.692. The van der Waals surface area contributed by atoms with Crippen molar-refractivity contribution >= 4 is 17.4 Å². The zero-order valence-electron chi connectivity index (χ0n) is 10.5. The summed E-state index contributed by atoms with van der Waals surface area (Å²) >= 11 is 5.83. The van der Waals surface area contributed by atoms with E-state index in [4.69, 9.17) is 11.6 Å². The predicted molar refractivity (Wildman–Crippen MR) is 71.4 cm³/mol. The van der Waals surface area contributed by atoms with Crippen LogP contribution in [0.15, 0.2) is 6.07 Å². The van der Waals surface area contributed by atoms with E-state index in [2.05, 4.69) is 22.2 Å². The monoisotopic (exact) mass is 253 g/mol. The molecule has 1 aliphatic carbocycles. The molecule has 1 aliphatic rings. The Morgan fingerprint density at radius 1 is 1.29 bits per heavy atom. The van der Waals surface area contributed by atoms with E-state index < -0.39 is 0 Å². The Kier molecular flexibility index (Phi) is 4.21. The van der Waals surface area contributed by atoms with Crippen LogP contribution in [0.1, 0.15) is 38.3 Å². The lowest BCUT2D eigenvalue weighted by atomic mass is 9.83. The number of hydrogen-bond donors (Lipinski definition) is 1. The maximum atomic E-state index is 5.83. The van der Waals surface area contributed by atoms with Crippen molar-refractivity contribution in [2.24, 2.45) is 11.8 Å². The van der Waals surface area contributed by atoms with Gasteiger partial charge in [0.1, 0.15) is 5.82 Å². The third kappa shape index (κ3) is 3.84. The van der Waals surface area contributed by atoms with Crippen molar-refractivity contribution < 1.29 is 0 Å². The van der Waals surface area contributed by atoms with Crippen LogP contribution in [-0.2, 0) is 0 Å². The number of nitrogens with zero attached hydrogens (tertiary/aromatic N) is 2. The molecule has 0 amide bonds. The van der Waals surface area contributed by atoms with Gasteiger partial charge in [-0.3, -0.25) is 0 Å². The van der Waals surface area contributed by atoms with Crippen molar-refractivity contribution in [3.05, 3.63) is 17.0 Å². The van der Waals surface area contributed by atoms with E-state index in [-0.39, 0.29) is 0 Å². The molecule has 3 nitrogen and oxygen atoms in total. The third-order valence-corrected chi connectivity index (χ3v) is 3.70. The van der Waals surface area contributed by atoms with Crippen molar-refractivity contribution in [2.75, 3.05) is 11.9 Å². The van der Waals surface area contributed by atoms with Crippen LogP contribution in [0.4, 0.5) is 5.82 Å². The van der Waals surface area contributed by atoms with Gasteiger partial charge in [-0.05, 0) is 43.2 Å². The minimum atomic E-state index is 0.324. The van der Waals surface area contributed by atoms with Gasteiger partial charge in [0, 0.05) is 18.3 Å². The molecule has 0 aromatic carbocycles. The number of nitrogens with one attached hydrogen (secondary N) is 1. The Balaban J connectivity index is 1.85. The van der Waals surface area contributed by atoms with Crippen LogP contribution in [0.25, 0.3) is 0 Å². The summed E-state index contributed by atoms with van der Waals surface area (Å²) in [6.07, 6.45) is 5.36. The molecule has 0 bridgehead atoms. The van der Waals surface area contributed by atoms with E-state index in [1.54, 1.807) is 0 Å². The zero-order valence-corrected chi connectivity index (χ0v) is 11.3. The van der Waals surface area contributed by atoms with Crippen LogP contribution in [-0.4, -0.2) is 16.5 Å². The number of aromatic nitrogens is 2. The van der Waals surface area contributed by atoms with E-state index in [9.17, 15) is 0 Å². The molecule has 4 heteroatoms. The molecular formula is C13H20ClN3. The van der Waals surface area contributed by atoms with Gasteiger partial charge in [-0.25, -0.2) is 9.97 Å². The number of anilines is 1. The average molecular weight is 254 g/mol. The van der Waals surface area contributed by atoms with Crippen LogP contribution >= 0.6 is 11.6 Å². The number of aryl methyl sites for hydroxylation is 1. The normalized spacial score (nSPS) is 24.6. The van der Waals surface area contributed by atoms with Gasteiger partial charge in [0.25, 0.3) is 0 Å².